The third-order valence-electron chi connectivity index (χ3n) is 2.68. The van der Waals surface area contributed by atoms with Crippen LogP contribution in [0.4, 0.5) is 0 Å². The van der Waals surface area contributed by atoms with Crippen LogP contribution in [-0.2, 0) is 14.3 Å². The second kappa shape index (κ2) is 7.45. The Labute approximate surface area is 117 Å². The Kier molecular flexibility index (Phi) is 5.93. The molecule has 2 atom stereocenters. The average Bonchev–Trinajstić information content (AvgIpc) is 2.42. The van der Waals surface area contributed by atoms with Crippen molar-refractivity contribution in [2.45, 2.75) is 25.6 Å². The maximum atomic E-state index is 11.9. The van der Waals surface area contributed by atoms with Gasteiger partial charge in [-0.05, 0) is 25.5 Å². The quantitative estimate of drug-likeness (QED) is 0.612. The highest BCUT2D eigenvalue weighted by Gasteiger charge is 2.32. The fraction of sp³-hybridized carbons (Fsp3) is 0.333. The zero-order valence-electron chi connectivity index (χ0n) is 11.5. The molecule has 0 aliphatic carbocycles. The van der Waals surface area contributed by atoms with Gasteiger partial charge in [0.1, 0.15) is 6.10 Å². The topological polar surface area (TPSA) is 72.8 Å². The van der Waals surface area contributed by atoms with Crippen LogP contribution in [0.3, 0.4) is 0 Å². The number of hydrogen-bond donors (Lipinski definition) is 1. The van der Waals surface area contributed by atoms with Crippen molar-refractivity contribution in [3.63, 3.8) is 0 Å². The molecule has 0 aromatic heterocycles. The Hall–Kier alpha value is -2.14. The number of ether oxygens (including phenoxy) is 2. The summed E-state index contributed by atoms with van der Waals surface area (Å²) in [6.45, 7) is 5.46. The smallest absolute Gasteiger partial charge is 0.347 e. The molecule has 0 saturated carbocycles. The Morgan fingerprint density at radius 1 is 1.30 bits per heavy atom. The fourth-order valence-corrected chi connectivity index (χ4v) is 1.70. The first-order chi connectivity index (χ1) is 9.45. The monoisotopic (exact) mass is 278 g/mol. The lowest BCUT2D eigenvalue weighted by atomic mass is 10.1. The maximum Gasteiger partial charge on any atom is 0.347 e. The lowest BCUT2D eigenvalue weighted by Gasteiger charge is -2.22. The van der Waals surface area contributed by atoms with Crippen LogP contribution in [0.2, 0.25) is 0 Å². The van der Waals surface area contributed by atoms with Gasteiger partial charge in [-0.25, -0.2) is 9.59 Å². The van der Waals surface area contributed by atoms with Crippen LogP contribution in [0.5, 0.6) is 0 Å². The molecular formula is C15H18O5. The molecule has 0 aliphatic heterocycles. The molecule has 0 spiro atoms. The van der Waals surface area contributed by atoms with E-state index in [0.29, 0.717) is 12.0 Å². The summed E-state index contributed by atoms with van der Waals surface area (Å²) in [6, 6.07) is 8.22. The van der Waals surface area contributed by atoms with E-state index < -0.39 is 24.1 Å². The number of benzene rings is 1. The van der Waals surface area contributed by atoms with E-state index >= 15 is 0 Å². The Morgan fingerprint density at radius 2 is 1.90 bits per heavy atom. The van der Waals surface area contributed by atoms with Gasteiger partial charge in [-0.1, -0.05) is 23.8 Å². The summed E-state index contributed by atoms with van der Waals surface area (Å²) in [4.78, 5) is 23.2. The molecule has 1 aromatic rings. The van der Waals surface area contributed by atoms with Crippen molar-refractivity contribution in [1.82, 2.24) is 0 Å². The first kappa shape index (κ1) is 15.9. The van der Waals surface area contributed by atoms with Gasteiger partial charge in [0.05, 0.1) is 5.56 Å². The van der Waals surface area contributed by atoms with Crippen molar-refractivity contribution in [2.24, 2.45) is 0 Å². The maximum absolute atomic E-state index is 11.9. The highest BCUT2D eigenvalue weighted by atomic mass is 16.6. The second-order valence-electron chi connectivity index (χ2n) is 4.47. The van der Waals surface area contributed by atoms with E-state index in [2.05, 4.69) is 6.58 Å². The predicted octanol–water partition coefficient (Wildman–Crippen LogP) is 2.28. The molecule has 1 rings (SSSR count). The third-order valence-corrected chi connectivity index (χ3v) is 2.68. The summed E-state index contributed by atoms with van der Waals surface area (Å²) < 4.78 is 10.1. The summed E-state index contributed by atoms with van der Waals surface area (Å²) in [5.74, 6) is -1.94. The Bertz CT molecular complexity index is 480. The van der Waals surface area contributed by atoms with E-state index in [9.17, 15) is 14.7 Å². The van der Waals surface area contributed by atoms with E-state index in [-0.39, 0.29) is 0 Å². The van der Waals surface area contributed by atoms with Crippen molar-refractivity contribution in [3.8, 4) is 0 Å². The minimum atomic E-state index is -1.37. The third kappa shape index (κ3) is 4.51. The number of carboxylic acids is 1. The Morgan fingerprint density at radius 3 is 2.35 bits per heavy atom. The number of methoxy groups -OCH3 is 1. The average molecular weight is 278 g/mol. The summed E-state index contributed by atoms with van der Waals surface area (Å²) in [5.41, 5.74) is 1.04. The first-order valence-corrected chi connectivity index (χ1v) is 6.11. The van der Waals surface area contributed by atoms with Gasteiger partial charge in [0.25, 0.3) is 0 Å². The van der Waals surface area contributed by atoms with Crippen LogP contribution in [0.1, 0.15) is 23.7 Å². The number of hydrogen-bond acceptors (Lipinski definition) is 4. The predicted molar refractivity (Wildman–Crippen MR) is 73.5 cm³/mol. The van der Waals surface area contributed by atoms with Gasteiger partial charge < -0.3 is 14.6 Å². The largest absolute Gasteiger partial charge is 0.478 e. The molecule has 20 heavy (non-hydrogen) atoms. The van der Waals surface area contributed by atoms with Crippen molar-refractivity contribution in [1.29, 1.82) is 0 Å². The van der Waals surface area contributed by atoms with Crippen LogP contribution in [-0.4, -0.2) is 36.4 Å². The zero-order valence-corrected chi connectivity index (χ0v) is 11.5. The van der Waals surface area contributed by atoms with Gasteiger partial charge in [0.2, 0.25) is 6.10 Å². The number of rotatable bonds is 7. The number of esters is 1. The highest BCUT2D eigenvalue weighted by molar-refractivity contribution is 5.91. The molecule has 0 fully saturated rings. The van der Waals surface area contributed by atoms with Gasteiger partial charge in [-0.3, -0.25) is 0 Å². The number of carboxylic acid groups (broad SMARTS) is 1. The molecule has 0 amide bonds. The summed E-state index contributed by atoms with van der Waals surface area (Å²) in [6.07, 6.45) is -1.84. The van der Waals surface area contributed by atoms with E-state index in [0.717, 1.165) is 5.57 Å². The van der Waals surface area contributed by atoms with Crippen molar-refractivity contribution in [2.75, 3.05) is 7.11 Å². The van der Waals surface area contributed by atoms with Crippen molar-refractivity contribution < 1.29 is 24.2 Å². The standard InChI is InChI=1S/C15H18O5/c1-10(2)9-12(19-3)13(14(16)17)20-15(18)11-7-5-4-6-8-11/h4-8,12-13H,1,9H2,2-3H3,(H,16,17). The summed E-state index contributed by atoms with van der Waals surface area (Å²) in [5, 5.41) is 9.20. The minimum Gasteiger partial charge on any atom is -0.478 e. The number of aliphatic carboxylic acids is 1. The lowest BCUT2D eigenvalue weighted by molar-refractivity contribution is -0.154. The molecule has 2 unspecified atom stereocenters. The number of carbonyl (C=O) groups excluding carboxylic acids is 1. The van der Waals surface area contributed by atoms with Gasteiger partial charge in [-0.2, -0.15) is 0 Å². The van der Waals surface area contributed by atoms with Crippen LogP contribution in [0, 0.1) is 0 Å². The van der Waals surface area contributed by atoms with Gasteiger partial charge in [0.15, 0.2) is 0 Å². The molecule has 5 nitrogen and oxygen atoms in total. The van der Waals surface area contributed by atoms with Crippen LogP contribution in [0.15, 0.2) is 42.5 Å². The SMILES string of the molecule is C=C(C)CC(OC)C(OC(=O)c1ccccc1)C(=O)O. The molecule has 5 heteroatoms. The minimum absolute atomic E-state index is 0.295. The molecule has 0 radical (unpaired) electrons. The van der Waals surface area contributed by atoms with Gasteiger partial charge in [-0.15, -0.1) is 6.58 Å². The molecule has 0 heterocycles. The summed E-state index contributed by atoms with van der Waals surface area (Å²) >= 11 is 0. The van der Waals surface area contributed by atoms with E-state index in [1.807, 2.05) is 0 Å². The van der Waals surface area contributed by atoms with E-state index in [4.69, 9.17) is 9.47 Å². The van der Waals surface area contributed by atoms with Crippen LogP contribution >= 0.6 is 0 Å². The summed E-state index contributed by atoms with van der Waals surface area (Å²) in [7, 11) is 1.37. The normalized spacial score (nSPS) is 13.3. The fourth-order valence-electron chi connectivity index (χ4n) is 1.70. The molecule has 108 valence electrons. The molecule has 0 saturated heterocycles. The molecule has 1 aromatic carbocycles. The molecular weight excluding hydrogens is 260 g/mol. The zero-order chi connectivity index (χ0) is 15.1. The van der Waals surface area contributed by atoms with Crippen LogP contribution < -0.4 is 0 Å². The van der Waals surface area contributed by atoms with E-state index in [1.54, 1.807) is 37.3 Å². The van der Waals surface area contributed by atoms with E-state index in [1.165, 1.54) is 7.11 Å². The Balaban J connectivity index is 2.84. The molecule has 0 bridgehead atoms. The second-order valence-corrected chi connectivity index (χ2v) is 4.47. The molecule has 1 N–H and O–H groups in total. The first-order valence-electron chi connectivity index (χ1n) is 6.11. The van der Waals surface area contributed by atoms with Gasteiger partial charge in [0, 0.05) is 7.11 Å². The van der Waals surface area contributed by atoms with Gasteiger partial charge >= 0.3 is 11.9 Å². The van der Waals surface area contributed by atoms with Crippen molar-refractivity contribution in [3.05, 3.63) is 48.0 Å². The van der Waals surface area contributed by atoms with Crippen LogP contribution in [0.25, 0.3) is 0 Å². The van der Waals surface area contributed by atoms with Crippen molar-refractivity contribution >= 4 is 11.9 Å². The highest BCUT2D eigenvalue weighted by Crippen LogP contribution is 2.15. The lowest BCUT2D eigenvalue weighted by Crippen LogP contribution is -2.39. The molecule has 0 aliphatic rings. The number of carbonyl (C=O) groups is 2.